The molecule has 4 nitrogen and oxygen atoms in total. The Labute approximate surface area is 126 Å². The van der Waals surface area contributed by atoms with Crippen LogP contribution in [-0.2, 0) is 18.9 Å². The van der Waals surface area contributed by atoms with Crippen LogP contribution >= 0.6 is 15.9 Å². The molecule has 0 unspecified atom stereocenters. The van der Waals surface area contributed by atoms with Gasteiger partial charge in [0.05, 0.1) is 6.07 Å². The van der Waals surface area contributed by atoms with E-state index in [0.717, 1.165) is 29.6 Å². The van der Waals surface area contributed by atoms with Gasteiger partial charge in [0.15, 0.2) is 0 Å². The highest BCUT2D eigenvalue weighted by atomic mass is 79.9. The van der Waals surface area contributed by atoms with Gasteiger partial charge in [-0.15, -0.1) is 10.2 Å². The van der Waals surface area contributed by atoms with Crippen molar-refractivity contribution >= 4 is 15.9 Å². The molecular weight excluding hydrogens is 316 g/mol. The van der Waals surface area contributed by atoms with Gasteiger partial charge in [0.1, 0.15) is 12.2 Å². The van der Waals surface area contributed by atoms with Gasteiger partial charge in [-0.25, -0.2) is 0 Å². The molecule has 0 atom stereocenters. The highest BCUT2D eigenvalue weighted by molar-refractivity contribution is 9.10. The van der Waals surface area contributed by atoms with Crippen LogP contribution in [0.4, 0.5) is 0 Å². The molecule has 3 rings (SSSR count). The van der Waals surface area contributed by atoms with E-state index in [4.69, 9.17) is 5.26 Å². The fraction of sp³-hybridized carbons (Fsp3) is 0.400. The highest BCUT2D eigenvalue weighted by Gasteiger charge is 2.46. The number of aromatic nitrogens is 3. The smallest absolute Gasteiger partial charge is 0.133 e. The largest absolute Gasteiger partial charge is 0.321 e. The minimum absolute atomic E-state index is 0.0188. The van der Waals surface area contributed by atoms with Crippen LogP contribution in [-0.4, -0.2) is 14.8 Å². The Bertz CT molecular complexity index is 665. The van der Waals surface area contributed by atoms with E-state index < -0.39 is 0 Å². The number of nitrogens with zero attached hydrogens (tertiary/aromatic N) is 4. The number of halogens is 1. The fourth-order valence-corrected chi connectivity index (χ4v) is 3.44. The Morgan fingerprint density at radius 1 is 1.50 bits per heavy atom. The van der Waals surface area contributed by atoms with Crippen LogP contribution in [0.3, 0.4) is 0 Å². The van der Waals surface area contributed by atoms with Crippen molar-refractivity contribution < 1.29 is 0 Å². The van der Waals surface area contributed by atoms with Crippen molar-refractivity contribution in [3.8, 4) is 6.07 Å². The first-order valence-corrected chi connectivity index (χ1v) is 7.41. The molecule has 1 saturated carbocycles. The first-order valence-electron chi connectivity index (χ1n) is 6.61. The molecule has 102 valence electrons. The van der Waals surface area contributed by atoms with Crippen LogP contribution < -0.4 is 0 Å². The Morgan fingerprint density at radius 2 is 2.30 bits per heavy atom. The van der Waals surface area contributed by atoms with Gasteiger partial charge in [-0.05, 0) is 30.5 Å². The van der Waals surface area contributed by atoms with Gasteiger partial charge in [0, 0.05) is 29.3 Å². The first-order chi connectivity index (χ1) is 9.63. The molecule has 0 bridgehead atoms. The third kappa shape index (κ3) is 2.25. The van der Waals surface area contributed by atoms with E-state index >= 15 is 0 Å². The van der Waals surface area contributed by atoms with Crippen molar-refractivity contribution in [2.24, 2.45) is 13.0 Å². The molecule has 0 radical (unpaired) electrons. The van der Waals surface area contributed by atoms with E-state index in [-0.39, 0.29) is 11.3 Å². The summed E-state index contributed by atoms with van der Waals surface area (Å²) in [6, 6.07) is 10.8. The number of hydrogen-bond donors (Lipinski definition) is 0. The van der Waals surface area contributed by atoms with Crippen LogP contribution in [0.5, 0.6) is 0 Å². The van der Waals surface area contributed by atoms with E-state index in [9.17, 15) is 0 Å². The van der Waals surface area contributed by atoms with Gasteiger partial charge < -0.3 is 4.57 Å². The predicted molar refractivity (Wildman–Crippen MR) is 78.9 cm³/mol. The Hall–Kier alpha value is -1.67. The number of aryl methyl sites for hydroxylation is 1. The summed E-state index contributed by atoms with van der Waals surface area (Å²) in [6.45, 7) is 0. The van der Waals surface area contributed by atoms with E-state index in [0.29, 0.717) is 0 Å². The van der Waals surface area contributed by atoms with Gasteiger partial charge >= 0.3 is 0 Å². The molecular formula is C15H15BrN4. The van der Waals surface area contributed by atoms with Gasteiger partial charge in [0.2, 0.25) is 0 Å². The van der Waals surface area contributed by atoms with E-state index in [1.165, 1.54) is 5.56 Å². The first kappa shape index (κ1) is 13.3. The van der Waals surface area contributed by atoms with Gasteiger partial charge in [0.25, 0.3) is 0 Å². The Kier molecular flexibility index (Phi) is 3.35. The lowest BCUT2D eigenvalue weighted by Gasteiger charge is -2.45. The standard InChI is InChI=1S/C15H15BrN4/c1-20-10-18-19-14(20)8-15(6-11(7-15)9-17)12-3-2-4-13(16)5-12/h2-5,10-11H,6-8H2,1H3/t11-,15-. The second-order valence-electron chi connectivity index (χ2n) is 5.56. The van der Waals surface area contributed by atoms with Crippen molar-refractivity contribution in [3.63, 3.8) is 0 Å². The van der Waals surface area contributed by atoms with Gasteiger partial charge in [-0.1, -0.05) is 28.1 Å². The molecule has 0 N–H and O–H groups in total. The molecule has 2 aromatic rings. The van der Waals surface area contributed by atoms with Crippen molar-refractivity contribution in [1.29, 1.82) is 5.26 Å². The third-order valence-electron chi connectivity index (χ3n) is 4.20. The average Bonchev–Trinajstić information content (AvgIpc) is 2.78. The van der Waals surface area contributed by atoms with Crippen LogP contribution in [0.25, 0.3) is 0 Å². The minimum Gasteiger partial charge on any atom is -0.321 e. The summed E-state index contributed by atoms with van der Waals surface area (Å²) in [6.07, 6.45) is 4.35. The molecule has 20 heavy (non-hydrogen) atoms. The summed E-state index contributed by atoms with van der Waals surface area (Å²) in [5, 5.41) is 17.3. The topological polar surface area (TPSA) is 54.5 Å². The van der Waals surface area contributed by atoms with Crippen molar-refractivity contribution in [1.82, 2.24) is 14.8 Å². The molecule has 0 amide bonds. The van der Waals surface area contributed by atoms with Crippen LogP contribution in [0.15, 0.2) is 35.1 Å². The van der Waals surface area contributed by atoms with E-state index in [2.05, 4.69) is 50.4 Å². The summed E-state index contributed by atoms with van der Waals surface area (Å²) >= 11 is 3.53. The molecule has 1 aromatic carbocycles. The zero-order chi connectivity index (χ0) is 14.2. The zero-order valence-corrected chi connectivity index (χ0v) is 12.8. The normalized spacial score (nSPS) is 24.9. The molecule has 1 aliphatic rings. The SMILES string of the molecule is Cn1cnnc1C[C@]1(c2cccc(Br)c2)C[C@H](C#N)C1. The zero-order valence-electron chi connectivity index (χ0n) is 11.3. The molecule has 0 spiro atoms. The lowest BCUT2D eigenvalue weighted by atomic mass is 9.57. The second kappa shape index (κ2) is 5.02. The maximum absolute atomic E-state index is 9.11. The summed E-state index contributed by atoms with van der Waals surface area (Å²) in [7, 11) is 1.96. The van der Waals surface area contributed by atoms with Gasteiger partial charge in [-0.3, -0.25) is 0 Å². The quantitative estimate of drug-likeness (QED) is 0.869. The van der Waals surface area contributed by atoms with Crippen molar-refractivity contribution in [2.75, 3.05) is 0 Å². The summed E-state index contributed by atoms with van der Waals surface area (Å²) < 4.78 is 3.03. The molecule has 1 aromatic heterocycles. The van der Waals surface area contributed by atoms with Crippen molar-refractivity contribution in [3.05, 3.63) is 46.5 Å². The maximum atomic E-state index is 9.11. The third-order valence-corrected chi connectivity index (χ3v) is 4.69. The second-order valence-corrected chi connectivity index (χ2v) is 6.48. The van der Waals surface area contributed by atoms with Crippen LogP contribution in [0, 0.1) is 17.2 Å². The Morgan fingerprint density at radius 3 is 2.90 bits per heavy atom. The molecule has 0 saturated heterocycles. The molecule has 1 aliphatic carbocycles. The number of nitriles is 1. The van der Waals surface area contributed by atoms with E-state index in [1.807, 2.05) is 17.7 Å². The fourth-order valence-electron chi connectivity index (χ4n) is 3.05. The maximum Gasteiger partial charge on any atom is 0.133 e. The lowest BCUT2D eigenvalue weighted by Crippen LogP contribution is -2.43. The number of rotatable bonds is 3. The molecule has 0 aliphatic heterocycles. The highest BCUT2D eigenvalue weighted by Crippen LogP contribution is 2.49. The summed E-state index contributed by atoms with van der Waals surface area (Å²) in [5.41, 5.74) is 1.30. The summed E-state index contributed by atoms with van der Waals surface area (Å²) in [5.74, 6) is 1.13. The van der Waals surface area contributed by atoms with E-state index in [1.54, 1.807) is 6.33 Å². The number of hydrogen-bond acceptors (Lipinski definition) is 3. The molecule has 1 fully saturated rings. The van der Waals surface area contributed by atoms with Crippen LogP contribution in [0.1, 0.15) is 24.2 Å². The average molecular weight is 331 g/mol. The predicted octanol–water partition coefficient (Wildman–Crippen LogP) is 2.99. The monoisotopic (exact) mass is 330 g/mol. The van der Waals surface area contributed by atoms with Gasteiger partial charge in [-0.2, -0.15) is 5.26 Å². The minimum atomic E-state index is 0.0188. The number of benzene rings is 1. The van der Waals surface area contributed by atoms with Crippen LogP contribution in [0.2, 0.25) is 0 Å². The summed E-state index contributed by atoms with van der Waals surface area (Å²) in [4.78, 5) is 0. The van der Waals surface area contributed by atoms with Crippen molar-refractivity contribution in [2.45, 2.75) is 24.7 Å². The lowest BCUT2D eigenvalue weighted by molar-refractivity contribution is 0.179. The Balaban J connectivity index is 1.94. The molecule has 5 heteroatoms. The molecule has 1 heterocycles.